The van der Waals surface area contributed by atoms with Crippen LogP contribution in [-0.2, 0) is 0 Å². The van der Waals surface area contributed by atoms with Crippen LogP contribution in [0.15, 0.2) is 0 Å². The second kappa shape index (κ2) is 8.35. The number of rotatable bonds is 7. The van der Waals surface area contributed by atoms with Gasteiger partial charge < -0.3 is 5.32 Å². The van der Waals surface area contributed by atoms with Crippen LogP contribution in [0.2, 0.25) is 0 Å². The molecule has 3 heteroatoms. The number of hydrogen-bond donors (Lipinski definition) is 1. The molecule has 2 fully saturated rings. The molecule has 0 amide bonds. The third-order valence-corrected chi connectivity index (χ3v) is 5.15. The largest absolute Gasteiger partial charge is 0.315 e. The zero-order valence-corrected chi connectivity index (χ0v) is 13.9. The lowest BCUT2D eigenvalue weighted by atomic mass is 10.1. The SMILES string of the molecule is CC(C)CCNCC(C)N1CCN(C2CCCC2)CC1. The Balaban J connectivity index is 1.60. The molecule has 1 atom stereocenters. The van der Waals surface area contributed by atoms with E-state index in [4.69, 9.17) is 0 Å². The highest BCUT2D eigenvalue weighted by Gasteiger charge is 2.27. The monoisotopic (exact) mass is 281 g/mol. The second-order valence-electron chi connectivity index (χ2n) is 7.25. The maximum Gasteiger partial charge on any atom is 0.0193 e. The van der Waals surface area contributed by atoms with E-state index in [1.54, 1.807) is 0 Å². The maximum atomic E-state index is 3.62. The van der Waals surface area contributed by atoms with Crippen LogP contribution >= 0.6 is 0 Å². The van der Waals surface area contributed by atoms with Gasteiger partial charge >= 0.3 is 0 Å². The van der Waals surface area contributed by atoms with Gasteiger partial charge in [-0.1, -0.05) is 26.7 Å². The van der Waals surface area contributed by atoms with E-state index in [0.29, 0.717) is 6.04 Å². The average Bonchev–Trinajstić information content (AvgIpc) is 2.97. The van der Waals surface area contributed by atoms with Crippen molar-refractivity contribution in [3.63, 3.8) is 0 Å². The summed E-state index contributed by atoms with van der Waals surface area (Å²) in [6, 6.07) is 1.60. The van der Waals surface area contributed by atoms with Gasteiger partial charge in [0.2, 0.25) is 0 Å². The summed E-state index contributed by atoms with van der Waals surface area (Å²) >= 11 is 0. The highest BCUT2D eigenvalue weighted by molar-refractivity contribution is 4.84. The van der Waals surface area contributed by atoms with Gasteiger partial charge in [0, 0.05) is 44.8 Å². The first kappa shape index (κ1) is 16.3. The molecular formula is C17H35N3. The summed E-state index contributed by atoms with van der Waals surface area (Å²) in [6.07, 6.45) is 7.11. The van der Waals surface area contributed by atoms with Crippen LogP contribution in [0.3, 0.4) is 0 Å². The van der Waals surface area contributed by atoms with Crippen LogP contribution in [0.1, 0.15) is 52.9 Å². The minimum atomic E-state index is 0.688. The molecule has 1 heterocycles. The van der Waals surface area contributed by atoms with Crippen molar-refractivity contribution in [3.05, 3.63) is 0 Å². The highest BCUT2D eigenvalue weighted by Crippen LogP contribution is 2.24. The number of nitrogens with one attached hydrogen (secondary N) is 1. The van der Waals surface area contributed by atoms with Gasteiger partial charge in [0.25, 0.3) is 0 Å². The van der Waals surface area contributed by atoms with E-state index >= 15 is 0 Å². The van der Waals surface area contributed by atoms with E-state index in [1.807, 2.05) is 0 Å². The molecule has 3 nitrogen and oxygen atoms in total. The lowest BCUT2D eigenvalue weighted by Gasteiger charge is -2.40. The van der Waals surface area contributed by atoms with Gasteiger partial charge in [0.1, 0.15) is 0 Å². The van der Waals surface area contributed by atoms with Crippen molar-refractivity contribution in [1.29, 1.82) is 0 Å². The first-order valence-corrected chi connectivity index (χ1v) is 8.85. The number of piperazine rings is 1. The first-order chi connectivity index (χ1) is 9.66. The van der Waals surface area contributed by atoms with Crippen LogP contribution in [0.25, 0.3) is 0 Å². The molecule has 0 radical (unpaired) electrons. The number of nitrogens with zero attached hydrogens (tertiary/aromatic N) is 2. The molecule has 1 unspecified atom stereocenters. The normalized spacial score (nSPS) is 24.6. The molecule has 1 aliphatic heterocycles. The summed E-state index contributed by atoms with van der Waals surface area (Å²) < 4.78 is 0. The summed E-state index contributed by atoms with van der Waals surface area (Å²) in [5.74, 6) is 0.813. The van der Waals surface area contributed by atoms with Crippen molar-refractivity contribution in [2.24, 2.45) is 5.92 Å². The minimum absolute atomic E-state index is 0.688. The lowest BCUT2D eigenvalue weighted by Crippen LogP contribution is -2.53. The Kier molecular flexibility index (Phi) is 6.79. The standard InChI is InChI=1S/C17H35N3/c1-15(2)8-9-18-14-16(3)19-10-12-20(13-11-19)17-6-4-5-7-17/h15-18H,4-14H2,1-3H3. The van der Waals surface area contributed by atoms with Crippen LogP contribution in [0.5, 0.6) is 0 Å². The molecule has 1 saturated carbocycles. The van der Waals surface area contributed by atoms with Gasteiger partial charge in [-0.2, -0.15) is 0 Å². The van der Waals surface area contributed by atoms with Gasteiger partial charge in [0.15, 0.2) is 0 Å². The zero-order chi connectivity index (χ0) is 14.4. The summed E-state index contributed by atoms with van der Waals surface area (Å²) in [7, 11) is 0. The van der Waals surface area contributed by atoms with Gasteiger partial charge in [0.05, 0.1) is 0 Å². The number of hydrogen-bond acceptors (Lipinski definition) is 3. The van der Waals surface area contributed by atoms with Crippen molar-refractivity contribution >= 4 is 0 Å². The smallest absolute Gasteiger partial charge is 0.0193 e. The minimum Gasteiger partial charge on any atom is -0.315 e. The zero-order valence-electron chi connectivity index (χ0n) is 13.9. The van der Waals surface area contributed by atoms with E-state index in [1.165, 1.54) is 64.8 Å². The molecule has 0 bridgehead atoms. The summed E-state index contributed by atoms with van der Waals surface area (Å²) in [4.78, 5) is 5.43. The molecule has 1 N–H and O–H groups in total. The predicted octanol–water partition coefficient (Wildman–Crippen LogP) is 2.57. The van der Waals surface area contributed by atoms with E-state index < -0.39 is 0 Å². The Morgan fingerprint density at radius 1 is 1.00 bits per heavy atom. The highest BCUT2D eigenvalue weighted by atomic mass is 15.3. The predicted molar refractivity (Wildman–Crippen MR) is 87.2 cm³/mol. The van der Waals surface area contributed by atoms with E-state index in [2.05, 4.69) is 35.9 Å². The Labute approximate surface area is 126 Å². The molecule has 0 aromatic carbocycles. The Hall–Kier alpha value is -0.120. The van der Waals surface area contributed by atoms with Crippen molar-refractivity contribution in [1.82, 2.24) is 15.1 Å². The van der Waals surface area contributed by atoms with Crippen molar-refractivity contribution in [3.8, 4) is 0 Å². The van der Waals surface area contributed by atoms with Crippen molar-refractivity contribution < 1.29 is 0 Å². The van der Waals surface area contributed by atoms with Crippen LogP contribution < -0.4 is 5.32 Å². The fraction of sp³-hybridized carbons (Fsp3) is 1.00. The van der Waals surface area contributed by atoms with Gasteiger partial charge in [-0.05, 0) is 38.6 Å². The van der Waals surface area contributed by atoms with Gasteiger partial charge in [-0.3, -0.25) is 9.80 Å². The molecule has 1 saturated heterocycles. The molecule has 2 aliphatic rings. The first-order valence-electron chi connectivity index (χ1n) is 8.85. The topological polar surface area (TPSA) is 18.5 Å². The molecule has 20 heavy (non-hydrogen) atoms. The average molecular weight is 281 g/mol. The van der Waals surface area contributed by atoms with E-state index in [0.717, 1.165) is 18.5 Å². The molecule has 0 spiro atoms. The van der Waals surface area contributed by atoms with Crippen molar-refractivity contribution in [2.45, 2.75) is 65.0 Å². The summed E-state index contributed by atoms with van der Waals surface area (Å²) in [6.45, 7) is 14.4. The molecular weight excluding hydrogens is 246 g/mol. The maximum absolute atomic E-state index is 3.62. The Morgan fingerprint density at radius 2 is 1.65 bits per heavy atom. The molecule has 0 aromatic heterocycles. The Morgan fingerprint density at radius 3 is 2.25 bits per heavy atom. The van der Waals surface area contributed by atoms with E-state index in [9.17, 15) is 0 Å². The van der Waals surface area contributed by atoms with E-state index in [-0.39, 0.29) is 0 Å². The Bertz CT molecular complexity index is 253. The third kappa shape index (κ3) is 5.01. The molecule has 1 aliphatic carbocycles. The van der Waals surface area contributed by atoms with Crippen LogP contribution in [-0.4, -0.2) is 61.2 Å². The fourth-order valence-corrected chi connectivity index (χ4v) is 3.64. The fourth-order valence-electron chi connectivity index (χ4n) is 3.64. The molecule has 118 valence electrons. The van der Waals surface area contributed by atoms with Crippen LogP contribution in [0, 0.1) is 5.92 Å². The quantitative estimate of drug-likeness (QED) is 0.724. The second-order valence-corrected chi connectivity index (χ2v) is 7.25. The lowest BCUT2D eigenvalue weighted by molar-refractivity contribution is 0.0749. The van der Waals surface area contributed by atoms with Gasteiger partial charge in [-0.15, -0.1) is 0 Å². The third-order valence-electron chi connectivity index (χ3n) is 5.15. The molecule has 0 aromatic rings. The summed E-state index contributed by atoms with van der Waals surface area (Å²) in [5.41, 5.74) is 0. The molecule has 2 rings (SSSR count). The van der Waals surface area contributed by atoms with Crippen LogP contribution in [0.4, 0.5) is 0 Å². The van der Waals surface area contributed by atoms with Gasteiger partial charge in [-0.25, -0.2) is 0 Å². The summed E-state index contributed by atoms with van der Waals surface area (Å²) in [5, 5.41) is 3.62. The van der Waals surface area contributed by atoms with Crippen molar-refractivity contribution in [2.75, 3.05) is 39.3 Å².